The predicted molar refractivity (Wildman–Crippen MR) is 121 cm³/mol. The molecular weight excluding hydrogens is 456 g/mol. The first kappa shape index (κ1) is 24.5. The van der Waals surface area contributed by atoms with Gasteiger partial charge >= 0.3 is 12.6 Å². The summed E-state index contributed by atoms with van der Waals surface area (Å²) in [5.41, 5.74) is 1.61. The molecule has 0 saturated heterocycles. The topological polar surface area (TPSA) is 77.8 Å². The summed E-state index contributed by atoms with van der Waals surface area (Å²) in [5, 5.41) is 10.8. The number of halogens is 3. The highest BCUT2D eigenvalue weighted by atomic mass is 35.5. The average Bonchev–Trinajstić information content (AvgIpc) is 3.03. The number of nitrogens with zero attached hydrogens (tertiary/aromatic N) is 1. The van der Waals surface area contributed by atoms with Gasteiger partial charge in [0.1, 0.15) is 11.5 Å². The van der Waals surface area contributed by atoms with E-state index < -0.39 is 24.4 Å². The van der Waals surface area contributed by atoms with E-state index in [4.69, 9.17) is 16.3 Å². The molecule has 0 amide bonds. The molecule has 6 nitrogen and oxygen atoms in total. The Kier molecular flexibility index (Phi) is 7.27. The summed E-state index contributed by atoms with van der Waals surface area (Å²) >= 11 is 6.34. The van der Waals surface area contributed by atoms with Gasteiger partial charge in [-0.25, -0.2) is 0 Å². The lowest BCUT2D eigenvalue weighted by molar-refractivity contribution is -0.140. The van der Waals surface area contributed by atoms with Gasteiger partial charge in [0.15, 0.2) is 0 Å². The summed E-state index contributed by atoms with van der Waals surface area (Å²) < 4.78 is 36.0. The second kappa shape index (κ2) is 9.79. The Bertz CT molecular complexity index is 1190. The summed E-state index contributed by atoms with van der Waals surface area (Å²) in [4.78, 5) is 25.7. The lowest BCUT2D eigenvalue weighted by Crippen LogP contribution is -2.21. The van der Waals surface area contributed by atoms with E-state index in [-0.39, 0.29) is 22.3 Å². The number of carbonyl (C=O) groups is 2. The van der Waals surface area contributed by atoms with Crippen molar-refractivity contribution in [1.29, 1.82) is 0 Å². The molecule has 0 radical (unpaired) electrons. The molecule has 176 valence electrons. The zero-order chi connectivity index (χ0) is 24.4. The number of carboxylic acid groups (broad SMARTS) is 1. The molecule has 1 aromatic heterocycles. The van der Waals surface area contributed by atoms with Crippen LogP contribution >= 0.6 is 11.6 Å². The number of hydrogen-bond acceptors (Lipinski definition) is 4. The standard InChI is InChI=1S/C24H24ClF2NO5/c1-5-12(2)20(23(30)31)21-13(3)28(18-11-17(25)19(32-4)10-16(18)21)22(29)14-6-8-15(9-7-14)33-24(26)27/h6-12,20,24H,5H2,1-4H3,(H,30,31)/t12?,20-/m1/s1. The largest absolute Gasteiger partial charge is 0.495 e. The number of benzene rings is 2. The number of methoxy groups -OCH3 is 1. The van der Waals surface area contributed by atoms with Crippen LogP contribution < -0.4 is 9.47 Å². The molecule has 9 heteroatoms. The minimum Gasteiger partial charge on any atom is -0.495 e. The maximum Gasteiger partial charge on any atom is 0.387 e. The third-order valence-electron chi connectivity index (χ3n) is 5.85. The van der Waals surface area contributed by atoms with Crippen LogP contribution in [-0.4, -0.2) is 35.3 Å². The number of alkyl halides is 2. The monoisotopic (exact) mass is 479 g/mol. The fraction of sp³-hybridized carbons (Fsp3) is 0.333. The van der Waals surface area contributed by atoms with Crippen LogP contribution in [0.5, 0.6) is 11.5 Å². The van der Waals surface area contributed by atoms with E-state index >= 15 is 0 Å². The number of ether oxygens (including phenoxy) is 2. The first-order valence-electron chi connectivity index (χ1n) is 10.3. The van der Waals surface area contributed by atoms with Gasteiger partial charge in [0, 0.05) is 16.6 Å². The van der Waals surface area contributed by atoms with Crippen LogP contribution in [0.1, 0.15) is 47.8 Å². The molecule has 0 spiro atoms. The van der Waals surface area contributed by atoms with Crippen LogP contribution in [0.2, 0.25) is 5.02 Å². The summed E-state index contributed by atoms with van der Waals surface area (Å²) in [7, 11) is 1.45. The van der Waals surface area contributed by atoms with Crippen LogP contribution in [0, 0.1) is 12.8 Å². The minimum absolute atomic E-state index is 0.0770. The fourth-order valence-electron chi connectivity index (χ4n) is 4.05. The van der Waals surface area contributed by atoms with Crippen molar-refractivity contribution in [3.05, 3.63) is 58.2 Å². The summed E-state index contributed by atoms with van der Waals surface area (Å²) in [5.74, 6) is -2.24. The molecule has 1 unspecified atom stereocenters. The van der Waals surface area contributed by atoms with Crippen molar-refractivity contribution in [2.24, 2.45) is 5.92 Å². The molecule has 0 fully saturated rings. The van der Waals surface area contributed by atoms with E-state index in [0.717, 1.165) is 0 Å². The van der Waals surface area contributed by atoms with E-state index in [9.17, 15) is 23.5 Å². The maximum absolute atomic E-state index is 13.5. The highest BCUT2D eigenvalue weighted by Crippen LogP contribution is 2.41. The Hall–Kier alpha value is -3.13. The van der Waals surface area contributed by atoms with Gasteiger partial charge < -0.3 is 14.6 Å². The normalized spacial score (nSPS) is 13.2. The predicted octanol–water partition coefficient (Wildman–Crippen LogP) is 6.12. The molecule has 0 aliphatic rings. The van der Waals surface area contributed by atoms with Gasteiger partial charge in [0.05, 0.1) is 23.6 Å². The van der Waals surface area contributed by atoms with Gasteiger partial charge in [0.25, 0.3) is 5.91 Å². The lowest BCUT2D eigenvalue weighted by atomic mass is 9.84. The van der Waals surface area contributed by atoms with Crippen molar-refractivity contribution < 1.29 is 33.0 Å². The van der Waals surface area contributed by atoms with Crippen LogP contribution in [0.3, 0.4) is 0 Å². The molecule has 1 heterocycles. The molecule has 1 N–H and O–H groups in total. The van der Waals surface area contributed by atoms with E-state index in [2.05, 4.69) is 4.74 Å². The quantitative estimate of drug-likeness (QED) is 0.421. The summed E-state index contributed by atoms with van der Waals surface area (Å²) in [6, 6.07) is 8.50. The Labute approximate surface area is 194 Å². The highest BCUT2D eigenvalue weighted by Gasteiger charge is 2.33. The Morgan fingerprint density at radius 1 is 1.18 bits per heavy atom. The van der Waals surface area contributed by atoms with E-state index in [1.165, 1.54) is 35.9 Å². The second-order valence-electron chi connectivity index (χ2n) is 7.75. The van der Waals surface area contributed by atoms with Crippen molar-refractivity contribution in [3.63, 3.8) is 0 Å². The van der Waals surface area contributed by atoms with Crippen molar-refractivity contribution in [2.45, 2.75) is 39.7 Å². The average molecular weight is 480 g/mol. The number of aliphatic carboxylic acids is 1. The molecule has 2 aromatic carbocycles. The number of carbonyl (C=O) groups excluding carboxylic acids is 1. The van der Waals surface area contributed by atoms with Gasteiger partial charge in [-0.05, 0) is 54.8 Å². The van der Waals surface area contributed by atoms with Crippen LogP contribution in [0.25, 0.3) is 10.9 Å². The molecule has 3 rings (SSSR count). The van der Waals surface area contributed by atoms with Gasteiger partial charge in [0.2, 0.25) is 0 Å². The van der Waals surface area contributed by atoms with Gasteiger partial charge in [-0.2, -0.15) is 8.78 Å². The third-order valence-corrected chi connectivity index (χ3v) is 6.14. The van der Waals surface area contributed by atoms with E-state index in [1.54, 1.807) is 19.1 Å². The molecule has 33 heavy (non-hydrogen) atoms. The molecule has 2 atom stereocenters. The number of hydrogen-bond donors (Lipinski definition) is 1. The molecule has 3 aromatic rings. The molecular formula is C24H24ClF2NO5. The molecule has 0 aliphatic heterocycles. The third kappa shape index (κ3) is 4.66. The number of carboxylic acids is 1. The van der Waals surface area contributed by atoms with Crippen molar-refractivity contribution in [1.82, 2.24) is 4.57 Å². The maximum atomic E-state index is 13.5. The highest BCUT2D eigenvalue weighted by molar-refractivity contribution is 6.33. The van der Waals surface area contributed by atoms with Gasteiger partial charge in [-0.1, -0.05) is 31.9 Å². The Morgan fingerprint density at radius 3 is 2.33 bits per heavy atom. The smallest absolute Gasteiger partial charge is 0.387 e. The van der Waals surface area contributed by atoms with Crippen molar-refractivity contribution >= 4 is 34.4 Å². The lowest BCUT2D eigenvalue weighted by Gasteiger charge is -2.20. The van der Waals surface area contributed by atoms with Crippen molar-refractivity contribution in [2.75, 3.05) is 7.11 Å². The SMILES string of the molecule is CCC(C)[C@@H](C(=O)O)c1c(C)n(C(=O)c2ccc(OC(F)F)cc2)c2cc(Cl)c(OC)cc12. The van der Waals surface area contributed by atoms with Crippen molar-refractivity contribution in [3.8, 4) is 11.5 Å². The summed E-state index contributed by atoms with van der Waals surface area (Å²) in [6.07, 6.45) is 0.618. The fourth-order valence-corrected chi connectivity index (χ4v) is 4.28. The number of aromatic nitrogens is 1. The van der Waals surface area contributed by atoms with E-state index in [0.29, 0.717) is 34.3 Å². The van der Waals surface area contributed by atoms with Crippen LogP contribution in [0.15, 0.2) is 36.4 Å². The zero-order valence-corrected chi connectivity index (χ0v) is 19.3. The molecule has 0 bridgehead atoms. The summed E-state index contributed by atoms with van der Waals surface area (Å²) in [6.45, 7) is 2.45. The number of fused-ring (bicyclic) bond motifs is 1. The minimum atomic E-state index is -2.98. The number of rotatable bonds is 8. The van der Waals surface area contributed by atoms with Gasteiger partial charge in [-0.15, -0.1) is 0 Å². The first-order valence-corrected chi connectivity index (χ1v) is 10.7. The molecule has 0 aliphatic carbocycles. The Balaban J connectivity index is 2.25. The van der Waals surface area contributed by atoms with E-state index in [1.807, 2.05) is 13.8 Å². The Morgan fingerprint density at radius 2 is 1.82 bits per heavy atom. The zero-order valence-electron chi connectivity index (χ0n) is 18.6. The van der Waals surface area contributed by atoms with Gasteiger partial charge in [-0.3, -0.25) is 14.2 Å². The molecule has 0 saturated carbocycles. The van der Waals surface area contributed by atoms with Crippen LogP contribution in [0.4, 0.5) is 8.78 Å². The second-order valence-corrected chi connectivity index (χ2v) is 8.16. The first-order chi connectivity index (χ1) is 15.6. The van der Waals surface area contributed by atoms with Crippen LogP contribution in [-0.2, 0) is 4.79 Å².